The third kappa shape index (κ3) is 3.68. The lowest BCUT2D eigenvalue weighted by Gasteiger charge is -2.00. The van der Waals surface area contributed by atoms with Crippen molar-refractivity contribution in [3.8, 4) is 11.7 Å². The summed E-state index contributed by atoms with van der Waals surface area (Å²) in [5, 5.41) is 8.37. The molecular weight excluding hydrogens is 270 g/mol. The summed E-state index contributed by atoms with van der Waals surface area (Å²) in [4.78, 5) is 10.3. The summed E-state index contributed by atoms with van der Waals surface area (Å²) in [6.45, 7) is 0. The second kappa shape index (κ2) is 6.01. The van der Waals surface area contributed by atoms with E-state index in [1.54, 1.807) is 0 Å². The van der Waals surface area contributed by atoms with Crippen molar-refractivity contribution in [2.24, 2.45) is 0 Å². The number of carbonyl (C=O) groups is 1. The fourth-order valence-electron chi connectivity index (χ4n) is 1.36. The molecule has 1 aromatic heterocycles. The fourth-order valence-corrected chi connectivity index (χ4v) is 1.36. The van der Waals surface area contributed by atoms with Gasteiger partial charge in [-0.05, 0) is 42.5 Å². The van der Waals surface area contributed by atoms with Crippen molar-refractivity contribution in [1.82, 2.24) is 0 Å². The van der Waals surface area contributed by atoms with Crippen LogP contribution < -0.4 is 4.74 Å². The van der Waals surface area contributed by atoms with Crippen molar-refractivity contribution >= 4 is 12.0 Å². The first-order valence-corrected chi connectivity index (χ1v) is 5.63. The minimum absolute atomic E-state index is 0.127. The molecule has 0 fully saturated rings. The molecule has 1 N–H and O–H groups in total. The van der Waals surface area contributed by atoms with Crippen molar-refractivity contribution in [1.29, 1.82) is 0 Å². The summed E-state index contributed by atoms with van der Waals surface area (Å²) >= 11 is 0. The number of benzene rings is 1. The monoisotopic (exact) mass is 280 g/mol. The molecule has 1 atom stereocenters. The zero-order valence-electron chi connectivity index (χ0n) is 10.1. The second-order valence-electron chi connectivity index (χ2n) is 3.81. The zero-order chi connectivity index (χ0) is 14.5. The van der Waals surface area contributed by atoms with E-state index in [1.807, 2.05) is 0 Å². The molecule has 0 radical (unpaired) electrons. The summed E-state index contributed by atoms with van der Waals surface area (Å²) in [6, 6.07) is 8.30. The van der Waals surface area contributed by atoms with Gasteiger partial charge in [0.15, 0.2) is 0 Å². The molecule has 0 saturated heterocycles. The topological polar surface area (TPSA) is 59.7 Å². The van der Waals surface area contributed by atoms with Gasteiger partial charge in [-0.2, -0.15) is 0 Å². The molecule has 0 amide bonds. The molecular formula is C14H10F2O4. The van der Waals surface area contributed by atoms with Crippen LogP contribution in [0.3, 0.4) is 0 Å². The first-order valence-electron chi connectivity index (χ1n) is 5.63. The van der Waals surface area contributed by atoms with Gasteiger partial charge in [-0.3, -0.25) is 0 Å². The Balaban J connectivity index is 2.02. The number of furan rings is 1. The standard InChI is InChI=1S/C14H10F2O4/c15-9-1-3-10(4-2-9)19-13-8-6-11(20-13)5-7-12(16)14(17)18/h1-8,12H,(H,17,18)/b7-5-. The van der Waals surface area contributed by atoms with Crippen LogP contribution in [-0.2, 0) is 4.79 Å². The predicted octanol–water partition coefficient (Wildman–Crippen LogP) is 3.65. The van der Waals surface area contributed by atoms with E-state index in [2.05, 4.69) is 0 Å². The van der Waals surface area contributed by atoms with E-state index in [1.165, 1.54) is 42.5 Å². The molecule has 20 heavy (non-hydrogen) atoms. The Kier molecular flexibility index (Phi) is 4.14. The molecule has 1 aromatic carbocycles. The Morgan fingerprint density at radius 2 is 1.95 bits per heavy atom. The third-order valence-electron chi connectivity index (χ3n) is 2.30. The Hall–Kier alpha value is -2.63. The number of alkyl halides is 1. The minimum Gasteiger partial charge on any atom is -0.479 e. The average molecular weight is 280 g/mol. The van der Waals surface area contributed by atoms with Gasteiger partial charge in [-0.1, -0.05) is 0 Å². The normalized spacial score (nSPS) is 12.5. The van der Waals surface area contributed by atoms with Gasteiger partial charge in [-0.15, -0.1) is 0 Å². The van der Waals surface area contributed by atoms with E-state index >= 15 is 0 Å². The molecule has 1 heterocycles. The van der Waals surface area contributed by atoms with E-state index in [0.29, 0.717) is 5.75 Å². The molecule has 0 saturated carbocycles. The minimum atomic E-state index is -2.10. The predicted molar refractivity (Wildman–Crippen MR) is 66.7 cm³/mol. The highest BCUT2D eigenvalue weighted by Gasteiger charge is 2.11. The molecule has 0 aliphatic carbocycles. The summed E-state index contributed by atoms with van der Waals surface area (Å²) in [7, 11) is 0. The molecule has 0 aliphatic rings. The van der Waals surface area contributed by atoms with Crippen LogP contribution in [0.4, 0.5) is 8.78 Å². The highest BCUT2D eigenvalue weighted by Crippen LogP contribution is 2.24. The van der Waals surface area contributed by atoms with Gasteiger partial charge >= 0.3 is 5.97 Å². The largest absolute Gasteiger partial charge is 0.479 e. The van der Waals surface area contributed by atoms with E-state index in [4.69, 9.17) is 14.3 Å². The molecule has 0 spiro atoms. The maximum Gasteiger partial charge on any atom is 0.342 e. The average Bonchev–Trinajstić information content (AvgIpc) is 2.86. The van der Waals surface area contributed by atoms with Crippen molar-refractivity contribution in [3.05, 3.63) is 54.1 Å². The highest BCUT2D eigenvalue weighted by molar-refractivity contribution is 5.75. The quantitative estimate of drug-likeness (QED) is 0.908. The number of aliphatic carboxylic acids is 1. The number of hydrogen-bond acceptors (Lipinski definition) is 3. The summed E-state index contributed by atoms with van der Waals surface area (Å²) in [6.07, 6.45) is -0.0549. The van der Waals surface area contributed by atoms with Crippen LogP contribution in [0.25, 0.3) is 6.08 Å². The van der Waals surface area contributed by atoms with Gasteiger partial charge in [0, 0.05) is 6.07 Å². The van der Waals surface area contributed by atoms with Gasteiger partial charge in [0.05, 0.1) is 0 Å². The Labute approximate surface area is 112 Å². The van der Waals surface area contributed by atoms with E-state index in [9.17, 15) is 13.6 Å². The number of carboxylic acids is 1. The number of halogens is 2. The molecule has 0 bridgehead atoms. The summed E-state index contributed by atoms with van der Waals surface area (Å²) in [5.74, 6) is -1.21. The third-order valence-corrected chi connectivity index (χ3v) is 2.30. The van der Waals surface area contributed by atoms with Crippen molar-refractivity contribution < 1.29 is 27.8 Å². The number of rotatable bonds is 5. The lowest BCUT2D eigenvalue weighted by molar-refractivity contribution is -0.140. The molecule has 2 aromatic rings. The first kappa shape index (κ1) is 13.8. The molecule has 0 aliphatic heterocycles. The highest BCUT2D eigenvalue weighted by atomic mass is 19.1. The van der Waals surface area contributed by atoms with Crippen LogP contribution in [-0.4, -0.2) is 17.2 Å². The molecule has 1 unspecified atom stereocenters. The number of carboxylic acid groups (broad SMARTS) is 1. The first-order chi connectivity index (χ1) is 9.54. The Morgan fingerprint density at radius 3 is 2.60 bits per heavy atom. The maximum atomic E-state index is 12.8. The lowest BCUT2D eigenvalue weighted by Crippen LogP contribution is -2.10. The van der Waals surface area contributed by atoms with E-state index in [0.717, 1.165) is 6.08 Å². The Bertz CT molecular complexity index is 616. The van der Waals surface area contributed by atoms with Gasteiger partial charge in [0.2, 0.25) is 6.17 Å². The van der Waals surface area contributed by atoms with E-state index in [-0.39, 0.29) is 17.5 Å². The fraction of sp³-hybridized carbons (Fsp3) is 0.0714. The molecule has 104 valence electrons. The van der Waals surface area contributed by atoms with Crippen LogP contribution in [0, 0.1) is 5.82 Å². The van der Waals surface area contributed by atoms with Crippen molar-refractivity contribution in [3.63, 3.8) is 0 Å². The van der Waals surface area contributed by atoms with Crippen LogP contribution in [0.5, 0.6) is 11.7 Å². The summed E-state index contributed by atoms with van der Waals surface area (Å²) in [5.41, 5.74) is 0. The lowest BCUT2D eigenvalue weighted by atomic mass is 10.3. The second-order valence-corrected chi connectivity index (χ2v) is 3.81. The van der Waals surface area contributed by atoms with Crippen molar-refractivity contribution in [2.45, 2.75) is 6.17 Å². The summed E-state index contributed by atoms with van der Waals surface area (Å²) < 4.78 is 36.0. The van der Waals surface area contributed by atoms with Crippen LogP contribution >= 0.6 is 0 Å². The van der Waals surface area contributed by atoms with Crippen LogP contribution in [0.2, 0.25) is 0 Å². The smallest absolute Gasteiger partial charge is 0.342 e. The molecule has 6 heteroatoms. The van der Waals surface area contributed by atoms with Crippen LogP contribution in [0.15, 0.2) is 46.9 Å². The zero-order valence-corrected chi connectivity index (χ0v) is 10.1. The SMILES string of the molecule is O=C(O)C(F)/C=C\c1ccc(Oc2ccc(F)cc2)o1. The maximum absolute atomic E-state index is 12.8. The number of ether oxygens (including phenoxy) is 1. The van der Waals surface area contributed by atoms with Gasteiger partial charge in [-0.25, -0.2) is 13.6 Å². The van der Waals surface area contributed by atoms with Crippen molar-refractivity contribution in [2.75, 3.05) is 0 Å². The van der Waals surface area contributed by atoms with E-state index < -0.39 is 12.1 Å². The van der Waals surface area contributed by atoms with Gasteiger partial charge < -0.3 is 14.3 Å². The van der Waals surface area contributed by atoms with Gasteiger partial charge in [0.1, 0.15) is 17.3 Å². The van der Waals surface area contributed by atoms with Gasteiger partial charge in [0.25, 0.3) is 5.95 Å². The molecule has 2 rings (SSSR count). The Morgan fingerprint density at radius 1 is 1.25 bits per heavy atom. The molecule has 4 nitrogen and oxygen atoms in total. The van der Waals surface area contributed by atoms with Crippen LogP contribution in [0.1, 0.15) is 5.76 Å². The number of hydrogen-bond donors (Lipinski definition) is 1.